The van der Waals surface area contributed by atoms with Gasteiger partial charge in [-0.25, -0.2) is 0 Å². The lowest BCUT2D eigenvalue weighted by Crippen LogP contribution is -1.97. The molecule has 0 fully saturated rings. The first kappa shape index (κ1) is 13.4. The number of aryl methyl sites for hydroxylation is 2. The van der Waals surface area contributed by atoms with Crippen molar-refractivity contribution in [3.8, 4) is 6.07 Å². The van der Waals surface area contributed by atoms with E-state index in [4.69, 9.17) is 5.73 Å². The summed E-state index contributed by atoms with van der Waals surface area (Å²) in [5.41, 5.74) is 8.95. The molecule has 0 amide bonds. The molecule has 2 nitrogen and oxygen atoms in total. The summed E-state index contributed by atoms with van der Waals surface area (Å²) in [6, 6.07) is 8.37. The van der Waals surface area contributed by atoms with Crippen molar-refractivity contribution in [2.45, 2.75) is 32.1 Å². The quantitative estimate of drug-likeness (QED) is 0.659. The van der Waals surface area contributed by atoms with Gasteiger partial charge in [0.25, 0.3) is 0 Å². The van der Waals surface area contributed by atoms with Crippen LogP contribution in [0.25, 0.3) is 11.3 Å². The fourth-order valence-corrected chi connectivity index (χ4v) is 4.54. The molecule has 0 saturated carbocycles. The predicted molar refractivity (Wildman–Crippen MR) is 86.5 cm³/mol. The number of nitrogens with two attached hydrogens (primary N) is 1. The van der Waals surface area contributed by atoms with Crippen LogP contribution in [-0.2, 0) is 12.8 Å². The Hall–Kier alpha value is -1.57. The first-order chi connectivity index (χ1) is 9.79. The maximum Gasteiger partial charge on any atom is 0.103 e. The van der Waals surface area contributed by atoms with Gasteiger partial charge in [0.05, 0.1) is 16.1 Å². The molecule has 0 bridgehead atoms. The fourth-order valence-electron chi connectivity index (χ4n) is 2.59. The molecule has 2 N–H and O–H groups in total. The molecule has 2 aromatic heterocycles. The fraction of sp³-hybridized carbons (Fsp3) is 0.312. The third-order valence-electron chi connectivity index (χ3n) is 3.66. The highest BCUT2D eigenvalue weighted by atomic mass is 32.1. The first-order valence-electron chi connectivity index (χ1n) is 6.85. The van der Waals surface area contributed by atoms with Crippen LogP contribution in [-0.4, -0.2) is 0 Å². The van der Waals surface area contributed by atoms with Crippen LogP contribution >= 0.6 is 22.7 Å². The molecule has 0 aliphatic heterocycles. The summed E-state index contributed by atoms with van der Waals surface area (Å²) < 4.78 is 0. The number of nitrogens with zero attached hydrogens (tertiary/aromatic N) is 1. The van der Waals surface area contributed by atoms with E-state index in [-0.39, 0.29) is 0 Å². The van der Waals surface area contributed by atoms with Crippen molar-refractivity contribution in [2.75, 3.05) is 0 Å². The Morgan fingerprint density at radius 2 is 2.05 bits per heavy atom. The Morgan fingerprint density at radius 1 is 1.20 bits per heavy atom. The van der Waals surface area contributed by atoms with Crippen molar-refractivity contribution in [1.82, 2.24) is 0 Å². The van der Waals surface area contributed by atoms with E-state index < -0.39 is 0 Å². The Bertz CT molecular complexity index is 648. The molecule has 0 spiro atoms. The highest BCUT2D eigenvalue weighted by Gasteiger charge is 2.16. The number of hydrogen-bond donors (Lipinski definition) is 1. The second kappa shape index (κ2) is 5.82. The van der Waals surface area contributed by atoms with Crippen molar-refractivity contribution in [3.05, 3.63) is 43.8 Å². The molecular weight excluding hydrogens is 284 g/mol. The molecule has 102 valence electrons. The van der Waals surface area contributed by atoms with Crippen LogP contribution in [0.3, 0.4) is 0 Å². The molecule has 1 aliphatic rings. The van der Waals surface area contributed by atoms with Gasteiger partial charge < -0.3 is 5.73 Å². The van der Waals surface area contributed by atoms with E-state index in [2.05, 4.69) is 12.1 Å². The zero-order valence-electron chi connectivity index (χ0n) is 11.2. The van der Waals surface area contributed by atoms with Crippen molar-refractivity contribution in [2.24, 2.45) is 5.73 Å². The highest BCUT2D eigenvalue weighted by Crippen LogP contribution is 2.34. The average molecular weight is 300 g/mol. The Labute approximate surface area is 127 Å². The van der Waals surface area contributed by atoms with E-state index in [0.717, 1.165) is 22.6 Å². The van der Waals surface area contributed by atoms with Crippen LogP contribution in [0.15, 0.2) is 23.6 Å². The average Bonchev–Trinajstić information content (AvgIpc) is 3.06. The van der Waals surface area contributed by atoms with E-state index >= 15 is 0 Å². The second-order valence-corrected chi connectivity index (χ2v) is 7.08. The molecule has 2 aromatic rings. The topological polar surface area (TPSA) is 49.8 Å². The van der Waals surface area contributed by atoms with Gasteiger partial charge in [0.1, 0.15) is 6.07 Å². The number of rotatable bonds is 2. The lowest BCUT2D eigenvalue weighted by molar-refractivity contribution is 0.712. The Balaban J connectivity index is 2.02. The van der Waals surface area contributed by atoms with Gasteiger partial charge in [-0.15, -0.1) is 22.7 Å². The SMILES string of the molecule is N#C/C(=C(/N)c1cc2c(s1)CCCCC2)c1cccs1. The van der Waals surface area contributed by atoms with Gasteiger partial charge in [-0.3, -0.25) is 0 Å². The predicted octanol–water partition coefficient (Wildman–Crippen LogP) is 4.43. The second-order valence-electron chi connectivity index (χ2n) is 5.00. The van der Waals surface area contributed by atoms with Gasteiger partial charge in [0, 0.05) is 9.75 Å². The van der Waals surface area contributed by atoms with Crippen LogP contribution in [0.4, 0.5) is 0 Å². The zero-order valence-corrected chi connectivity index (χ0v) is 12.8. The van der Waals surface area contributed by atoms with Crippen molar-refractivity contribution < 1.29 is 0 Å². The van der Waals surface area contributed by atoms with E-state index in [9.17, 15) is 5.26 Å². The number of fused-ring (bicyclic) bond motifs is 1. The molecule has 2 heterocycles. The highest BCUT2D eigenvalue weighted by molar-refractivity contribution is 7.13. The van der Waals surface area contributed by atoms with Gasteiger partial charge in [-0.05, 0) is 48.8 Å². The van der Waals surface area contributed by atoms with E-state index in [1.165, 1.54) is 29.7 Å². The van der Waals surface area contributed by atoms with Gasteiger partial charge >= 0.3 is 0 Å². The lowest BCUT2D eigenvalue weighted by atomic mass is 10.1. The summed E-state index contributed by atoms with van der Waals surface area (Å²) in [6.45, 7) is 0. The zero-order chi connectivity index (χ0) is 13.9. The molecule has 0 unspecified atom stereocenters. The van der Waals surface area contributed by atoms with Crippen molar-refractivity contribution in [3.63, 3.8) is 0 Å². The maximum absolute atomic E-state index is 9.40. The van der Waals surface area contributed by atoms with Crippen molar-refractivity contribution in [1.29, 1.82) is 5.26 Å². The summed E-state index contributed by atoms with van der Waals surface area (Å²) >= 11 is 3.33. The minimum atomic E-state index is 0.608. The summed E-state index contributed by atoms with van der Waals surface area (Å²) in [6.07, 6.45) is 6.17. The van der Waals surface area contributed by atoms with Gasteiger partial charge in [0.2, 0.25) is 0 Å². The largest absolute Gasteiger partial charge is 0.396 e. The Morgan fingerprint density at radius 3 is 2.80 bits per heavy atom. The lowest BCUT2D eigenvalue weighted by Gasteiger charge is -2.01. The Kier molecular flexibility index (Phi) is 3.90. The van der Waals surface area contributed by atoms with Gasteiger partial charge in [0.15, 0.2) is 0 Å². The molecule has 0 atom stereocenters. The number of thiophene rings is 2. The maximum atomic E-state index is 9.40. The summed E-state index contributed by atoms with van der Waals surface area (Å²) in [5.74, 6) is 0. The van der Waals surface area contributed by atoms with Crippen molar-refractivity contribution >= 4 is 33.9 Å². The molecule has 0 saturated heterocycles. The summed E-state index contributed by atoms with van der Waals surface area (Å²) in [4.78, 5) is 3.47. The molecule has 0 radical (unpaired) electrons. The van der Waals surface area contributed by atoms with Crippen LogP contribution in [0.5, 0.6) is 0 Å². The number of nitriles is 1. The van der Waals surface area contributed by atoms with Crippen LogP contribution in [0.2, 0.25) is 0 Å². The molecule has 3 rings (SSSR count). The van der Waals surface area contributed by atoms with E-state index in [1.54, 1.807) is 22.7 Å². The standard InChI is InChI=1S/C16H16N2S2/c17-10-12(14-7-4-8-19-14)16(18)15-9-11-5-2-1-3-6-13(11)20-15/h4,7-9H,1-3,5-6,18H2/b16-12-. The van der Waals surface area contributed by atoms with Gasteiger partial charge in [-0.2, -0.15) is 5.26 Å². The molecular formula is C16H16N2S2. The monoisotopic (exact) mass is 300 g/mol. The minimum Gasteiger partial charge on any atom is -0.396 e. The molecule has 1 aliphatic carbocycles. The first-order valence-corrected chi connectivity index (χ1v) is 8.55. The number of hydrogen-bond acceptors (Lipinski definition) is 4. The molecule has 20 heavy (non-hydrogen) atoms. The number of allylic oxidation sites excluding steroid dienone is 1. The third-order valence-corrected chi connectivity index (χ3v) is 5.82. The van der Waals surface area contributed by atoms with E-state index in [0.29, 0.717) is 11.3 Å². The minimum absolute atomic E-state index is 0.608. The van der Waals surface area contributed by atoms with Crippen LogP contribution < -0.4 is 5.73 Å². The molecule has 0 aromatic carbocycles. The summed E-state index contributed by atoms with van der Waals surface area (Å²) in [5, 5.41) is 11.4. The van der Waals surface area contributed by atoms with Crippen LogP contribution in [0.1, 0.15) is 39.5 Å². The smallest absolute Gasteiger partial charge is 0.103 e. The normalized spacial score (nSPS) is 15.9. The van der Waals surface area contributed by atoms with Gasteiger partial charge in [-0.1, -0.05) is 12.5 Å². The van der Waals surface area contributed by atoms with E-state index in [1.807, 2.05) is 17.5 Å². The van der Waals surface area contributed by atoms with Crippen LogP contribution in [0, 0.1) is 11.3 Å². The third kappa shape index (κ3) is 2.52. The molecule has 4 heteroatoms. The summed E-state index contributed by atoms with van der Waals surface area (Å²) in [7, 11) is 0.